The maximum atomic E-state index is 12.4. The molecule has 0 aliphatic carbocycles. The smallest absolute Gasteiger partial charge is 0.234 e. The SMILES string of the molecule is COc1ccc(NC(=O)CSc2ncnc3c2[nH]c2cc(OC)c(OC)cc23)cc1. The van der Waals surface area contributed by atoms with Crippen molar-refractivity contribution in [2.75, 3.05) is 32.4 Å². The highest BCUT2D eigenvalue weighted by Crippen LogP contribution is 2.36. The Morgan fingerprint density at radius 3 is 2.47 bits per heavy atom. The fourth-order valence-electron chi connectivity index (χ4n) is 3.11. The molecular formula is C21H20N4O4S. The number of H-pyrrole nitrogens is 1. The Morgan fingerprint density at radius 1 is 1.03 bits per heavy atom. The van der Waals surface area contributed by atoms with Gasteiger partial charge in [-0.05, 0) is 30.3 Å². The highest BCUT2D eigenvalue weighted by Gasteiger charge is 2.15. The predicted molar refractivity (Wildman–Crippen MR) is 117 cm³/mol. The first kappa shape index (κ1) is 19.8. The summed E-state index contributed by atoms with van der Waals surface area (Å²) >= 11 is 1.34. The van der Waals surface area contributed by atoms with Gasteiger partial charge in [-0.2, -0.15) is 0 Å². The molecule has 2 aromatic heterocycles. The molecule has 9 heteroatoms. The number of methoxy groups -OCH3 is 3. The van der Waals surface area contributed by atoms with Gasteiger partial charge in [0.2, 0.25) is 5.91 Å². The summed E-state index contributed by atoms with van der Waals surface area (Å²) in [4.78, 5) is 24.5. The molecule has 2 heterocycles. The van der Waals surface area contributed by atoms with Crippen molar-refractivity contribution >= 4 is 45.3 Å². The van der Waals surface area contributed by atoms with Crippen LogP contribution in [-0.2, 0) is 4.79 Å². The van der Waals surface area contributed by atoms with Crippen LogP contribution in [0.15, 0.2) is 47.8 Å². The van der Waals surface area contributed by atoms with Crippen molar-refractivity contribution < 1.29 is 19.0 Å². The van der Waals surface area contributed by atoms with E-state index in [9.17, 15) is 4.79 Å². The van der Waals surface area contributed by atoms with E-state index in [0.29, 0.717) is 22.2 Å². The summed E-state index contributed by atoms with van der Waals surface area (Å²) in [6.45, 7) is 0. The van der Waals surface area contributed by atoms with Gasteiger partial charge in [0.15, 0.2) is 11.5 Å². The van der Waals surface area contributed by atoms with Gasteiger partial charge in [-0.1, -0.05) is 11.8 Å². The quantitative estimate of drug-likeness (QED) is 0.343. The van der Waals surface area contributed by atoms with Gasteiger partial charge in [0, 0.05) is 17.1 Å². The molecule has 2 N–H and O–H groups in total. The van der Waals surface area contributed by atoms with Gasteiger partial charge in [-0.25, -0.2) is 9.97 Å². The summed E-state index contributed by atoms with van der Waals surface area (Å²) in [6, 6.07) is 10.9. The zero-order valence-electron chi connectivity index (χ0n) is 16.7. The lowest BCUT2D eigenvalue weighted by molar-refractivity contribution is -0.113. The maximum Gasteiger partial charge on any atom is 0.234 e. The lowest BCUT2D eigenvalue weighted by atomic mass is 10.2. The van der Waals surface area contributed by atoms with Crippen molar-refractivity contribution in [3.63, 3.8) is 0 Å². The van der Waals surface area contributed by atoms with E-state index in [2.05, 4.69) is 20.3 Å². The van der Waals surface area contributed by atoms with Crippen LogP contribution >= 0.6 is 11.8 Å². The monoisotopic (exact) mass is 424 g/mol. The molecule has 0 fully saturated rings. The Labute approximate surface area is 177 Å². The normalized spacial score (nSPS) is 10.9. The summed E-state index contributed by atoms with van der Waals surface area (Å²) in [7, 11) is 4.79. The van der Waals surface area contributed by atoms with E-state index >= 15 is 0 Å². The summed E-state index contributed by atoms with van der Waals surface area (Å²) in [5.41, 5.74) is 3.09. The minimum Gasteiger partial charge on any atom is -0.497 e. The average molecular weight is 424 g/mol. The van der Waals surface area contributed by atoms with Gasteiger partial charge in [-0.3, -0.25) is 4.79 Å². The Balaban J connectivity index is 1.55. The lowest BCUT2D eigenvalue weighted by Crippen LogP contribution is -2.14. The number of ether oxygens (including phenoxy) is 3. The van der Waals surface area contributed by atoms with Crippen LogP contribution in [0.5, 0.6) is 17.2 Å². The van der Waals surface area contributed by atoms with Crippen LogP contribution in [0, 0.1) is 0 Å². The zero-order valence-corrected chi connectivity index (χ0v) is 17.5. The Bertz CT molecular complexity index is 1210. The standard InChI is InChI=1S/C21H20N4O4S/c1-27-13-6-4-12(5-7-13)24-18(26)10-30-21-20-19(22-11-23-21)14-8-16(28-2)17(29-3)9-15(14)25-20/h4-9,11,25H,10H2,1-3H3,(H,24,26). The fraction of sp³-hybridized carbons (Fsp3) is 0.190. The third kappa shape index (κ3) is 3.84. The van der Waals surface area contributed by atoms with Crippen LogP contribution in [0.1, 0.15) is 0 Å². The molecule has 4 rings (SSSR count). The Kier molecular flexibility index (Phi) is 5.62. The Hall–Kier alpha value is -3.46. The van der Waals surface area contributed by atoms with Gasteiger partial charge < -0.3 is 24.5 Å². The summed E-state index contributed by atoms with van der Waals surface area (Å²) in [5, 5.41) is 4.46. The second kappa shape index (κ2) is 8.50. The van der Waals surface area contributed by atoms with E-state index < -0.39 is 0 Å². The minimum atomic E-state index is -0.128. The number of hydrogen-bond acceptors (Lipinski definition) is 7. The number of nitrogens with one attached hydrogen (secondary N) is 2. The topological polar surface area (TPSA) is 98.4 Å². The third-order valence-corrected chi connectivity index (χ3v) is 5.55. The molecule has 0 bridgehead atoms. The van der Waals surface area contributed by atoms with Crippen LogP contribution < -0.4 is 19.5 Å². The van der Waals surface area contributed by atoms with Gasteiger partial charge in [0.1, 0.15) is 22.6 Å². The van der Waals surface area contributed by atoms with Crippen LogP contribution in [0.2, 0.25) is 0 Å². The van der Waals surface area contributed by atoms with E-state index in [1.807, 2.05) is 12.1 Å². The van der Waals surface area contributed by atoms with Gasteiger partial charge in [0.05, 0.1) is 38.1 Å². The van der Waals surface area contributed by atoms with Crippen molar-refractivity contribution in [1.29, 1.82) is 0 Å². The number of fused-ring (bicyclic) bond motifs is 3. The number of aromatic nitrogens is 3. The molecule has 0 saturated heterocycles. The van der Waals surface area contributed by atoms with Crippen molar-refractivity contribution in [2.45, 2.75) is 5.03 Å². The number of amides is 1. The van der Waals surface area contributed by atoms with Crippen LogP contribution in [0.4, 0.5) is 5.69 Å². The predicted octanol–water partition coefficient (Wildman–Crippen LogP) is 3.87. The molecule has 1 amide bonds. The molecule has 0 unspecified atom stereocenters. The number of nitrogens with zero attached hydrogens (tertiary/aromatic N) is 2. The first-order chi connectivity index (χ1) is 14.6. The molecule has 0 aliphatic heterocycles. The third-order valence-electron chi connectivity index (χ3n) is 4.56. The molecule has 0 radical (unpaired) electrons. The maximum absolute atomic E-state index is 12.4. The van der Waals surface area contributed by atoms with Crippen LogP contribution in [-0.4, -0.2) is 47.9 Å². The molecule has 4 aromatic rings. The van der Waals surface area contributed by atoms with Crippen LogP contribution in [0.3, 0.4) is 0 Å². The summed E-state index contributed by atoms with van der Waals surface area (Å²) in [6.07, 6.45) is 1.50. The van der Waals surface area contributed by atoms with E-state index in [1.165, 1.54) is 18.1 Å². The molecule has 0 aliphatic rings. The van der Waals surface area contributed by atoms with Gasteiger partial charge >= 0.3 is 0 Å². The van der Waals surface area contributed by atoms with Crippen molar-refractivity contribution in [1.82, 2.24) is 15.0 Å². The summed E-state index contributed by atoms with van der Waals surface area (Å²) < 4.78 is 15.9. The van der Waals surface area contributed by atoms with Crippen molar-refractivity contribution in [2.24, 2.45) is 0 Å². The second-order valence-electron chi connectivity index (χ2n) is 6.35. The average Bonchev–Trinajstić information content (AvgIpc) is 3.15. The number of carbonyl (C=O) groups excluding carboxylic acids is 1. The Morgan fingerprint density at radius 2 is 1.77 bits per heavy atom. The highest BCUT2D eigenvalue weighted by molar-refractivity contribution is 8.00. The minimum absolute atomic E-state index is 0.128. The van der Waals surface area contributed by atoms with E-state index in [1.54, 1.807) is 45.6 Å². The van der Waals surface area contributed by atoms with Gasteiger partial charge in [0.25, 0.3) is 0 Å². The summed E-state index contributed by atoms with van der Waals surface area (Å²) in [5.74, 6) is 2.06. The number of benzene rings is 2. The van der Waals surface area contributed by atoms with E-state index in [-0.39, 0.29) is 11.7 Å². The molecule has 2 aromatic carbocycles. The molecular weight excluding hydrogens is 404 g/mol. The van der Waals surface area contributed by atoms with E-state index in [0.717, 1.165) is 27.7 Å². The number of thioether (sulfide) groups is 1. The van der Waals surface area contributed by atoms with Crippen molar-refractivity contribution in [3.05, 3.63) is 42.7 Å². The number of carbonyl (C=O) groups is 1. The lowest BCUT2D eigenvalue weighted by Gasteiger charge is -2.06. The molecule has 0 saturated carbocycles. The fourth-order valence-corrected chi connectivity index (χ4v) is 3.87. The highest BCUT2D eigenvalue weighted by atomic mass is 32.2. The largest absolute Gasteiger partial charge is 0.497 e. The number of hydrogen-bond donors (Lipinski definition) is 2. The zero-order chi connectivity index (χ0) is 21.1. The molecule has 0 spiro atoms. The van der Waals surface area contributed by atoms with Gasteiger partial charge in [-0.15, -0.1) is 0 Å². The molecule has 0 atom stereocenters. The van der Waals surface area contributed by atoms with E-state index in [4.69, 9.17) is 14.2 Å². The van der Waals surface area contributed by atoms with Crippen LogP contribution in [0.25, 0.3) is 21.9 Å². The number of aromatic amines is 1. The molecule has 8 nitrogen and oxygen atoms in total. The number of anilines is 1. The second-order valence-corrected chi connectivity index (χ2v) is 7.31. The first-order valence-corrected chi connectivity index (χ1v) is 10.1. The first-order valence-electron chi connectivity index (χ1n) is 9.08. The molecule has 154 valence electrons. The molecule has 30 heavy (non-hydrogen) atoms. The van der Waals surface area contributed by atoms with Crippen molar-refractivity contribution in [3.8, 4) is 17.2 Å². The number of rotatable bonds is 7.